The Morgan fingerprint density at radius 2 is 2.00 bits per heavy atom. The third kappa shape index (κ3) is 3.08. The molecule has 1 aromatic rings. The number of carbonyl (C=O) groups is 1. The highest BCUT2D eigenvalue weighted by molar-refractivity contribution is 5.97. The Labute approximate surface area is 120 Å². The number of carbonyl (C=O) groups excluding carboxylic acids is 1. The lowest BCUT2D eigenvalue weighted by molar-refractivity contribution is 0.0903. The van der Waals surface area contributed by atoms with Gasteiger partial charge in [0.2, 0.25) is 0 Å². The van der Waals surface area contributed by atoms with Gasteiger partial charge in [0.25, 0.3) is 5.91 Å². The van der Waals surface area contributed by atoms with Crippen molar-refractivity contribution in [3.63, 3.8) is 0 Å². The van der Waals surface area contributed by atoms with Crippen LogP contribution in [0.5, 0.6) is 0 Å². The van der Waals surface area contributed by atoms with Gasteiger partial charge in [-0.1, -0.05) is 26.7 Å². The first-order valence-corrected chi connectivity index (χ1v) is 7.32. The molecule has 0 spiro atoms. The van der Waals surface area contributed by atoms with Gasteiger partial charge in [0, 0.05) is 18.5 Å². The zero-order chi connectivity index (χ0) is 14.8. The molecule has 1 aliphatic carbocycles. The normalized spacial score (nSPS) is 17.2. The highest BCUT2D eigenvalue weighted by atomic mass is 16.2. The van der Waals surface area contributed by atoms with E-state index < -0.39 is 0 Å². The van der Waals surface area contributed by atoms with E-state index in [1.165, 1.54) is 12.8 Å². The van der Waals surface area contributed by atoms with Crippen molar-refractivity contribution in [1.82, 2.24) is 15.3 Å². The summed E-state index contributed by atoms with van der Waals surface area (Å²) in [4.78, 5) is 21.2. The predicted octanol–water partition coefficient (Wildman–Crippen LogP) is 2.70. The summed E-state index contributed by atoms with van der Waals surface area (Å²) in [6.07, 6.45) is 6.12. The maximum absolute atomic E-state index is 12.5. The lowest BCUT2D eigenvalue weighted by Gasteiger charge is -2.25. The second-order valence-corrected chi connectivity index (χ2v) is 6.12. The van der Waals surface area contributed by atoms with E-state index in [0.717, 1.165) is 12.8 Å². The van der Waals surface area contributed by atoms with Crippen molar-refractivity contribution in [2.75, 3.05) is 12.4 Å². The molecule has 2 N–H and O–H groups in total. The van der Waals surface area contributed by atoms with Crippen molar-refractivity contribution in [2.45, 2.75) is 57.9 Å². The van der Waals surface area contributed by atoms with Gasteiger partial charge in [-0.05, 0) is 19.8 Å². The van der Waals surface area contributed by atoms with Crippen LogP contribution < -0.4 is 10.6 Å². The van der Waals surface area contributed by atoms with Crippen molar-refractivity contribution in [3.05, 3.63) is 17.7 Å². The van der Waals surface area contributed by atoms with E-state index in [1.54, 1.807) is 13.2 Å². The van der Waals surface area contributed by atoms with Gasteiger partial charge in [-0.15, -0.1) is 0 Å². The smallest absolute Gasteiger partial charge is 0.272 e. The van der Waals surface area contributed by atoms with E-state index in [1.807, 2.05) is 13.8 Å². The van der Waals surface area contributed by atoms with Crippen LogP contribution in [0.1, 0.15) is 68.7 Å². The van der Waals surface area contributed by atoms with Crippen molar-refractivity contribution >= 4 is 11.6 Å². The minimum atomic E-state index is -0.108. The third-order valence-electron chi connectivity index (χ3n) is 3.93. The molecule has 0 aliphatic heterocycles. The molecule has 0 aromatic carbocycles. The van der Waals surface area contributed by atoms with Crippen molar-refractivity contribution in [3.8, 4) is 0 Å². The average molecular weight is 276 g/mol. The van der Waals surface area contributed by atoms with Crippen LogP contribution in [0, 0.1) is 0 Å². The van der Waals surface area contributed by atoms with E-state index >= 15 is 0 Å². The monoisotopic (exact) mass is 276 g/mol. The Kier molecular flexibility index (Phi) is 4.26. The SMILES string of the molecule is CNc1cnc(C(C)C)nc1C(=O)NC1(C)CCCC1. The molecule has 0 radical (unpaired) electrons. The van der Waals surface area contributed by atoms with Crippen LogP contribution in [-0.2, 0) is 0 Å². The number of amides is 1. The number of hydrogen-bond acceptors (Lipinski definition) is 4. The fourth-order valence-corrected chi connectivity index (χ4v) is 2.64. The largest absolute Gasteiger partial charge is 0.385 e. The molecular weight excluding hydrogens is 252 g/mol. The molecule has 1 aromatic heterocycles. The maximum atomic E-state index is 12.5. The highest BCUT2D eigenvalue weighted by Gasteiger charge is 2.31. The highest BCUT2D eigenvalue weighted by Crippen LogP contribution is 2.29. The number of aromatic nitrogens is 2. The van der Waals surface area contributed by atoms with E-state index in [2.05, 4.69) is 27.5 Å². The first kappa shape index (κ1) is 14.8. The molecule has 5 heteroatoms. The quantitative estimate of drug-likeness (QED) is 0.887. The Hall–Kier alpha value is -1.65. The Morgan fingerprint density at radius 1 is 1.35 bits per heavy atom. The fraction of sp³-hybridized carbons (Fsp3) is 0.667. The van der Waals surface area contributed by atoms with Crippen LogP contribution in [-0.4, -0.2) is 28.5 Å². The van der Waals surface area contributed by atoms with Gasteiger partial charge in [0.15, 0.2) is 5.69 Å². The van der Waals surface area contributed by atoms with Gasteiger partial charge < -0.3 is 10.6 Å². The standard InChI is InChI=1S/C15H24N4O/c1-10(2)13-17-9-11(16-4)12(18-13)14(20)19-15(3)7-5-6-8-15/h9-10,16H,5-8H2,1-4H3,(H,19,20). The minimum Gasteiger partial charge on any atom is -0.385 e. The molecule has 0 unspecified atom stereocenters. The molecular formula is C15H24N4O. The second-order valence-electron chi connectivity index (χ2n) is 6.12. The molecule has 5 nitrogen and oxygen atoms in total. The molecule has 1 fully saturated rings. The molecule has 1 saturated carbocycles. The van der Waals surface area contributed by atoms with Gasteiger partial charge in [-0.3, -0.25) is 4.79 Å². The van der Waals surface area contributed by atoms with E-state index in [9.17, 15) is 4.79 Å². The molecule has 2 rings (SSSR count). The van der Waals surface area contributed by atoms with Crippen LogP contribution in [0.15, 0.2) is 6.20 Å². The third-order valence-corrected chi connectivity index (χ3v) is 3.93. The average Bonchev–Trinajstić information content (AvgIpc) is 2.84. The first-order valence-electron chi connectivity index (χ1n) is 7.32. The van der Waals surface area contributed by atoms with Crippen molar-refractivity contribution < 1.29 is 4.79 Å². The van der Waals surface area contributed by atoms with Gasteiger partial charge in [-0.25, -0.2) is 9.97 Å². The molecule has 110 valence electrons. The number of nitrogens with one attached hydrogen (secondary N) is 2. The number of rotatable bonds is 4. The Morgan fingerprint density at radius 3 is 2.55 bits per heavy atom. The number of nitrogens with zero attached hydrogens (tertiary/aromatic N) is 2. The summed E-state index contributed by atoms with van der Waals surface area (Å²) >= 11 is 0. The fourth-order valence-electron chi connectivity index (χ4n) is 2.64. The van der Waals surface area contributed by atoms with Gasteiger partial charge in [0.05, 0.1) is 11.9 Å². The lowest BCUT2D eigenvalue weighted by Crippen LogP contribution is -2.44. The van der Waals surface area contributed by atoms with Crippen molar-refractivity contribution in [2.24, 2.45) is 0 Å². The number of hydrogen-bond donors (Lipinski definition) is 2. The first-order chi connectivity index (χ1) is 9.45. The second kappa shape index (κ2) is 5.77. The summed E-state index contributed by atoms with van der Waals surface area (Å²) in [5, 5.41) is 6.14. The van der Waals surface area contributed by atoms with E-state index in [0.29, 0.717) is 17.2 Å². The number of anilines is 1. The van der Waals surface area contributed by atoms with E-state index in [-0.39, 0.29) is 17.4 Å². The summed E-state index contributed by atoms with van der Waals surface area (Å²) in [6.45, 7) is 6.16. The van der Waals surface area contributed by atoms with E-state index in [4.69, 9.17) is 0 Å². The van der Waals surface area contributed by atoms with Gasteiger partial charge in [0.1, 0.15) is 5.82 Å². The Bertz CT molecular complexity index is 493. The Balaban J connectivity index is 2.25. The zero-order valence-electron chi connectivity index (χ0n) is 12.8. The van der Waals surface area contributed by atoms with Crippen LogP contribution >= 0.6 is 0 Å². The molecule has 1 heterocycles. The maximum Gasteiger partial charge on any atom is 0.272 e. The molecule has 1 aliphatic rings. The van der Waals surface area contributed by atoms with Gasteiger partial charge in [-0.2, -0.15) is 0 Å². The summed E-state index contributed by atoms with van der Waals surface area (Å²) in [5.41, 5.74) is 1.03. The summed E-state index contributed by atoms with van der Waals surface area (Å²) in [6, 6.07) is 0. The molecule has 0 atom stereocenters. The van der Waals surface area contributed by atoms with Crippen LogP contribution in [0.25, 0.3) is 0 Å². The summed E-state index contributed by atoms with van der Waals surface area (Å²) < 4.78 is 0. The van der Waals surface area contributed by atoms with Gasteiger partial charge >= 0.3 is 0 Å². The molecule has 1 amide bonds. The minimum absolute atomic E-state index is 0.0922. The van der Waals surface area contributed by atoms with Crippen molar-refractivity contribution in [1.29, 1.82) is 0 Å². The van der Waals surface area contributed by atoms with Crippen LogP contribution in [0.4, 0.5) is 5.69 Å². The lowest BCUT2D eigenvalue weighted by atomic mass is 10.0. The summed E-state index contributed by atoms with van der Waals surface area (Å²) in [5.74, 6) is 0.795. The summed E-state index contributed by atoms with van der Waals surface area (Å²) in [7, 11) is 1.78. The predicted molar refractivity (Wildman–Crippen MR) is 80.0 cm³/mol. The topological polar surface area (TPSA) is 66.9 Å². The van der Waals surface area contributed by atoms with Crippen LogP contribution in [0.3, 0.4) is 0 Å². The molecule has 20 heavy (non-hydrogen) atoms. The van der Waals surface area contributed by atoms with Crippen LogP contribution in [0.2, 0.25) is 0 Å². The zero-order valence-corrected chi connectivity index (χ0v) is 12.8. The molecule has 0 bridgehead atoms. The molecule has 0 saturated heterocycles.